The van der Waals surface area contributed by atoms with Crippen LogP contribution in [0.1, 0.15) is 31.9 Å². The molecule has 0 saturated carbocycles. The van der Waals surface area contributed by atoms with Crippen molar-refractivity contribution in [3.05, 3.63) is 53.3 Å². The fourth-order valence-corrected chi connectivity index (χ4v) is 2.17. The van der Waals surface area contributed by atoms with Crippen LogP contribution in [0.3, 0.4) is 0 Å². The summed E-state index contributed by atoms with van der Waals surface area (Å²) in [4.78, 5) is 22.3. The Labute approximate surface area is 159 Å². The largest absolute Gasteiger partial charge is 0.503 e. The van der Waals surface area contributed by atoms with Crippen molar-refractivity contribution in [3.8, 4) is 0 Å². The van der Waals surface area contributed by atoms with Crippen molar-refractivity contribution in [2.45, 2.75) is 27.4 Å². The highest BCUT2D eigenvalue weighted by molar-refractivity contribution is 6.45. The van der Waals surface area contributed by atoms with Gasteiger partial charge < -0.3 is 19.1 Å². The van der Waals surface area contributed by atoms with E-state index >= 15 is 0 Å². The maximum Gasteiger partial charge on any atom is 0.341 e. The van der Waals surface area contributed by atoms with Gasteiger partial charge in [0.25, 0.3) is 0 Å². The number of allylic oxidation sites excluding steroid dienone is 2. The number of hydrogen-bond acceptors (Lipinski definition) is 7. The van der Waals surface area contributed by atoms with Crippen LogP contribution in [0.25, 0.3) is 5.57 Å². The van der Waals surface area contributed by atoms with Crippen LogP contribution in [0.15, 0.2) is 52.5 Å². The Morgan fingerprint density at radius 1 is 1.07 bits per heavy atom. The number of hydrogen-bond donors (Lipinski definition) is 0. The molecule has 0 aliphatic carbocycles. The van der Waals surface area contributed by atoms with Gasteiger partial charge in [-0.25, -0.2) is 4.79 Å². The summed E-state index contributed by atoms with van der Waals surface area (Å²) in [5.41, 5.74) is 3.89. The third kappa shape index (κ3) is 6.97. The Morgan fingerprint density at radius 3 is 2.37 bits per heavy atom. The fourth-order valence-electron chi connectivity index (χ4n) is 2.17. The third-order valence-corrected chi connectivity index (χ3v) is 3.36. The highest BCUT2D eigenvalue weighted by Gasteiger charge is 2.16. The first kappa shape index (κ1) is 22.0. The molecule has 0 atom stereocenters. The molecule has 0 bridgehead atoms. The number of esters is 1. The van der Waals surface area contributed by atoms with Gasteiger partial charge in [-0.15, -0.1) is 0 Å². The van der Waals surface area contributed by atoms with E-state index in [1.165, 1.54) is 27.6 Å². The second-order valence-electron chi connectivity index (χ2n) is 5.75. The third-order valence-electron chi connectivity index (χ3n) is 3.36. The van der Waals surface area contributed by atoms with E-state index in [-0.39, 0.29) is 6.61 Å². The van der Waals surface area contributed by atoms with Gasteiger partial charge in [-0.2, -0.15) is 0 Å². The van der Waals surface area contributed by atoms with Crippen molar-refractivity contribution in [1.82, 2.24) is 0 Å². The summed E-state index contributed by atoms with van der Waals surface area (Å²) in [6, 6.07) is 7.30. The lowest BCUT2D eigenvalue weighted by atomic mass is 10.0. The van der Waals surface area contributed by atoms with Gasteiger partial charge >= 0.3 is 5.97 Å². The van der Waals surface area contributed by atoms with Crippen LogP contribution in [0.4, 0.5) is 0 Å². The van der Waals surface area contributed by atoms with Crippen molar-refractivity contribution >= 4 is 23.0 Å². The van der Waals surface area contributed by atoms with Gasteiger partial charge in [-0.3, -0.25) is 0 Å². The molecule has 0 aliphatic heterocycles. The van der Waals surface area contributed by atoms with Gasteiger partial charge in [0.15, 0.2) is 0 Å². The molecule has 7 nitrogen and oxygen atoms in total. The standard InChI is InChI=1S/C20H26N2O5/c1-14(2)11-19(22-26-6)15(3)21-27-12-16-9-7-8-10-17(16)18(13-24-4)20(23)25-5/h7-11,13H,12H2,1-6H3. The number of nitrogens with zero attached hydrogens (tertiary/aromatic N) is 2. The van der Waals surface area contributed by atoms with Crippen LogP contribution in [-0.4, -0.2) is 38.7 Å². The highest BCUT2D eigenvalue weighted by Crippen LogP contribution is 2.21. The van der Waals surface area contributed by atoms with E-state index in [1.807, 2.05) is 38.1 Å². The minimum Gasteiger partial charge on any atom is -0.503 e. The number of methoxy groups -OCH3 is 2. The predicted molar refractivity (Wildman–Crippen MR) is 105 cm³/mol. The predicted octanol–water partition coefficient (Wildman–Crippen LogP) is 3.71. The van der Waals surface area contributed by atoms with Gasteiger partial charge in [-0.1, -0.05) is 40.1 Å². The Balaban J connectivity index is 3.04. The summed E-state index contributed by atoms with van der Waals surface area (Å²) in [5.74, 6) is -0.498. The molecule has 0 amide bonds. The van der Waals surface area contributed by atoms with E-state index in [0.717, 1.165) is 11.1 Å². The van der Waals surface area contributed by atoms with Crippen molar-refractivity contribution in [1.29, 1.82) is 0 Å². The van der Waals surface area contributed by atoms with E-state index in [9.17, 15) is 4.79 Å². The Morgan fingerprint density at radius 2 is 1.78 bits per heavy atom. The van der Waals surface area contributed by atoms with Crippen LogP contribution < -0.4 is 0 Å². The first-order valence-electron chi connectivity index (χ1n) is 8.27. The molecule has 1 rings (SSSR count). The average molecular weight is 374 g/mol. The lowest BCUT2D eigenvalue weighted by Gasteiger charge is -2.11. The SMILES string of the molecule is COC=C(C(=O)OC)c1ccccc1CON=C(C)C(C=C(C)C)=NOC. The number of benzene rings is 1. The van der Waals surface area contributed by atoms with Gasteiger partial charge in [0, 0.05) is 5.56 Å². The lowest BCUT2D eigenvalue weighted by Crippen LogP contribution is -2.10. The van der Waals surface area contributed by atoms with Crippen LogP contribution in [0, 0.1) is 0 Å². The zero-order chi connectivity index (χ0) is 20.2. The van der Waals surface area contributed by atoms with Crippen molar-refractivity contribution < 1.29 is 23.9 Å². The first-order valence-corrected chi connectivity index (χ1v) is 8.27. The number of carbonyl (C=O) groups excluding carboxylic acids is 1. The molecular weight excluding hydrogens is 348 g/mol. The maximum atomic E-state index is 12.0. The van der Waals surface area contributed by atoms with Crippen molar-refractivity contribution in [2.24, 2.45) is 10.3 Å². The molecule has 0 fully saturated rings. The maximum absolute atomic E-state index is 12.0. The monoisotopic (exact) mass is 374 g/mol. The van der Waals surface area contributed by atoms with E-state index in [0.29, 0.717) is 22.6 Å². The van der Waals surface area contributed by atoms with Gasteiger partial charge in [-0.05, 0) is 32.4 Å². The molecule has 0 N–H and O–H groups in total. The summed E-state index contributed by atoms with van der Waals surface area (Å²) in [6.45, 7) is 5.83. The smallest absolute Gasteiger partial charge is 0.341 e. The van der Waals surface area contributed by atoms with Crippen LogP contribution in [-0.2, 0) is 30.6 Å². The molecule has 1 aromatic carbocycles. The molecule has 0 radical (unpaired) electrons. The van der Waals surface area contributed by atoms with Crippen molar-refractivity contribution in [2.75, 3.05) is 21.3 Å². The number of ether oxygens (including phenoxy) is 2. The summed E-state index contributed by atoms with van der Waals surface area (Å²) in [7, 11) is 4.26. The number of rotatable bonds is 9. The summed E-state index contributed by atoms with van der Waals surface area (Å²) < 4.78 is 9.83. The normalized spacial score (nSPS) is 12.3. The summed E-state index contributed by atoms with van der Waals surface area (Å²) >= 11 is 0. The van der Waals surface area contributed by atoms with Gasteiger partial charge in [0.05, 0.1) is 20.5 Å². The van der Waals surface area contributed by atoms with Crippen LogP contribution in [0.2, 0.25) is 0 Å². The topological polar surface area (TPSA) is 78.7 Å². The molecule has 0 spiro atoms. The van der Waals surface area contributed by atoms with Crippen LogP contribution >= 0.6 is 0 Å². The molecule has 0 heterocycles. The molecule has 0 aliphatic rings. The Bertz CT molecular complexity index is 759. The number of carbonyl (C=O) groups is 1. The van der Waals surface area contributed by atoms with E-state index in [2.05, 4.69) is 10.3 Å². The fraction of sp³-hybridized carbons (Fsp3) is 0.350. The molecule has 27 heavy (non-hydrogen) atoms. The molecule has 146 valence electrons. The molecule has 0 unspecified atom stereocenters. The summed E-state index contributed by atoms with van der Waals surface area (Å²) in [6.07, 6.45) is 3.19. The highest BCUT2D eigenvalue weighted by atomic mass is 16.6. The van der Waals surface area contributed by atoms with E-state index in [4.69, 9.17) is 19.1 Å². The summed E-state index contributed by atoms with van der Waals surface area (Å²) in [5, 5.41) is 8.03. The Hall–Kier alpha value is -3.09. The van der Waals surface area contributed by atoms with Crippen molar-refractivity contribution in [3.63, 3.8) is 0 Å². The zero-order valence-electron chi connectivity index (χ0n) is 16.6. The quantitative estimate of drug-likeness (QED) is 0.216. The Kier molecular flexibility index (Phi) is 9.36. The lowest BCUT2D eigenvalue weighted by molar-refractivity contribution is -0.133. The van der Waals surface area contributed by atoms with E-state index in [1.54, 1.807) is 13.0 Å². The minimum absolute atomic E-state index is 0.153. The zero-order valence-corrected chi connectivity index (χ0v) is 16.6. The first-order chi connectivity index (χ1) is 12.9. The molecule has 1 aromatic rings. The van der Waals surface area contributed by atoms with Gasteiger partial charge in [0.1, 0.15) is 30.7 Å². The van der Waals surface area contributed by atoms with Gasteiger partial charge in [0.2, 0.25) is 0 Å². The molecule has 0 aromatic heterocycles. The van der Waals surface area contributed by atoms with Crippen LogP contribution in [0.5, 0.6) is 0 Å². The average Bonchev–Trinajstić information content (AvgIpc) is 2.65. The molecule has 0 saturated heterocycles. The minimum atomic E-state index is -0.498. The van der Waals surface area contributed by atoms with E-state index < -0.39 is 5.97 Å². The number of oxime groups is 2. The second kappa shape index (κ2) is 11.5. The molecular formula is C20H26N2O5. The molecule has 7 heteroatoms. The second-order valence-corrected chi connectivity index (χ2v) is 5.75.